The molecule has 0 aliphatic rings. The van der Waals surface area contributed by atoms with Crippen molar-refractivity contribution >= 4 is 41.1 Å². The van der Waals surface area contributed by atoms with Gasteiger partial charge in [-0.15, -0.1) is 11.8 Å². The van der Waals surface area contributed by atoms with Gasteiger partial charge in [0.2, 0.25) is 0 Å². The highest BCUT2D eigenvalue weighted by Gasteiger charge is 2.09. The molecule has 1 heterocycles. The van der Waals surface area contributed by atoms with E-state index in [2.05, 4.69) is 10.1 Å². The molecule has 0 bridgehead atoms. The summed E-state index contributed by atoms with van der Waals surface area (Å²) in [5.74, 6) is 0.0817. The molecule has 5 nitrogen and oxygen atoms in total. The monoisotopic (exact) mass is 316 g/mol. The first-order chi connectivity index (χ1) is 9.13. The molecule has 100 valence electrons. The number of nitrogens with zero attached hydrogens (tertiary/aromatic N) is 2. The van der Waals surface area contributed by atoms with Gasteiger partial charge in [0.15, 0.2) is 5.82 Å². The van der Waals surface area contributed by atoms with Crippen LogP contribution in [0, 0.1) is 0 Å². The Morgan fingerprint density at radius 1 is 1.32 bits per heavy atom. The average molecular weight is 317 g/mol. The zero-order valence-electron chi connectivity index (χ0n) is 9.58. The Morgan fingerprint density at radius 3 is 2.74 bits per heavy atom. The van der Waals surface area contributed by atoms with E-state index in [0.717, 1.165) is 16.7 Å². The highest BCUT2D eigenvalue weighted by molar-refractivity contribution is 7.99. The van der Waals surface area contributed by atoms with E-state index >= 15 is 0 Å². The van der Waals surface area contributed by atoms with Gasteiger partial charge in [0.1, 0.15) is 5.75 Å². The number of carboxylic acid groups (broad SMARTS) is 1. The van der Waals surface area contributed by atoms with Crippen molar-refractivity contribution in [3.05, 3.63) is 35.1 Å². The Morgan fingerprint density at radius 2 is 2.05 bits per heavy atom. The number of halogens is 1. The smallest absolute Gasteiger partial charge is 0.314 e. The molecule has 0 amide bonds. The van der Waals surface area contributed by atoms with Gasteiger partial charge in [0.25, 0.3) is 5.22 Å². The van der Waals surface area contributed by atoms with Crippen molar-refractivity contribution in [2.75, 3.05) is 5.75 Å². The second kappa shape index (κ2) is 6.83. The van der Waals surface area contributed by atoms with E-state index in [9.17, 15) is 4.79 Å². The minimum atomic E-state index is -0.916. The number of carbonyl (C=O) groups is 1. The molecule has 0 saturated heterocycles. The maximum Gasteiger partial charge on any atom is 0.314 e. The van der Waals surface area contributed by atoms with Crippen LogP contribution >= 0.6 is 35.1 Å². The summed E-state index contributed by atoms with van der Waals surface area (Å²) in [5, 5.41) is 13.3. The molecule has 0 radical (unpaired) electrons. The molecule has 0 fully saturated rings. The molecular formula is C11H9ClN2O3S2. The van der Waals surface area contributed by atoms with E-state index < -0.39 is 5.97 Å². The number of benzene rings is 1. The number of hydrogen-bond donors (Lipinski definition) is 1. The first kappa shape index (κ1) is 14.2. The van der Waals surface area contributed by atoms with Gasteiger partial charge in [-0.2, -0.15) is 4.98 Å². The highest BCUT2D eigenvalue weighted by atomic mass is 35.5. The zero-order chi connectivity index (χ0) is 13.7. The third-order valence-corrected chi connectivity index (χ3v) is 4.01. The molecule has 1 N–H and O–H groups in total. The molecule has 1 aromatic heterocycles. The Labute approximate surface area is 122 Å². The van der Waals surface area contributed by atoms with Crippen molar-refractivity contribution in [2.24, 2.45) is 0 Å². The van der Waals surface area contributed by atoms with Gasteiger partial charge in [-0.25, -0.2) is 0 Å². The Kier molecular flexibility index (Phi) is 5.12. The summed E-state index contributed by atoms with van der Waals surface area (Å²) in [6, 6.07) is 7.45. The molecule has 0 spiro atoms. The van der Waals surface area contributed by atoms with Crippen molar-refractivity contribution in [3.8, 4) is 0 Å². The predicted molar refractivity (Wildman–Crippen MR) is 73.7 cm³/mol. The van der Waals surface area contributed by atoms with Gasteiger partial charge < -0.3 is 9.63 Å². The summed E-state index contributed by atoms with van der Waals surface area (Å²) < 4.78 is 4.93. The average Bonchev–Trinajstić information content (AvgIpc) is 2.84. The molecule has 0 unspecified atom stereocenters. The number of aliphatic carboxylic acids is 1. The Balaban J connectivity index is 1.86. The lowest BCUT2D eigenvalue weighted by atomic mass is 10.4. The van der Waals surface area contributed by atoms with E-state index in [4.69, 9.17) is 21.2 Å². The minimum absolute atomic E-state index is 0.0913. The fourth-order valence-electron chi connectivity index (χ4n) is 1.16. The maximum absolute atomic E-state index is 10.4. The summed E-state index contributed by atoms with van der Waals surface area (Å²) in [6.45, 7) is 0. The first-order valence-corrected chi connectivity index (χ1v) is 7.54. The molecule has 0 aliphatic heterocycles. The normalized spacial score (nSPS) is 10.6. The second-order valence-corrected chi connectivity index (χ2v) is 5.81. The van der Waals surface area contributed by atoms with E-state index in [1.54, 1.807) is 11.8 Å². The van der Waals surface area contributed by atoms with E-state index in [1.165, 1.54) is 0 Å². The number of hydrogen-bond acceptors (Lipinski definition) is 6. The van der Waals surface area contributed by atoms with Gasteiger partial charge in [-0.3, -0.25) is 4.79 Å². The molecule has 19 heavy (non-hydrogen) atoms. The van der Waals surface area contributed by atoms with Crippen molar-refractivity contribution in [3.63, 3.8) is 0 Å². The van der Waals surface area contributed by atoms with E-state index in [1.807, 2.05) is 24.3 Å². The summed E-state index contributed by atoms with van der Waals surface area (Å²) in [4.78, 5) is 15.5. The van der Waals surface area contributed by atoms with Crippen LogP contribution in [0.2, 0.25) is 5.02 Å². The van der Waals surface area contributed by atoms with Crippen LogP contribution in [0.4, 0.5) is 0 Å². The minimum Gasteiger partial charge on any atom is -0.481 e. The predicted octanol–water partition coefficient (Wildman–Crippen LogP) is 3.19. The lowest BCUT2D eigenvalue weighted by Crippen LogP contribution is -1.97. The second-order valence-electron chi connectivity index (χ2n) is 3.40. The Hall–Kier alpha value is -1.18. The fourth-order valence-corrected chi connectivity index (χ4v) is 2.53. The lowest BCUT2D eigenvalue weighted by molar-refractivity contribution is -0.133. The largest absolute Gasteiger partial charge is 0.481 e. The summed E-state index contributed by atoms with van der Waals surface area (Å²) in [7, 11) is 0. The topological polar surface area (TPSA) is 76.2 Å². The molecule has 0 saturated carbocycles. The fraction of sp³-hybridized carbons (Fsp3) is 0.182. The van der Waals surface area contributed by atoms with Crippen LogP contribution in [0.15, 0.2) is 38.9 Å². The number of thioether (sulfide) groups is 2. The molecule has 1 aromatic carbocycles. The molecule has 2 aromatic rings. The summed E-state index contributed by atoms with van der Waals surface area (Å²) >= 11 is 8.35. The Bertz CT molecular complexity index is 559. The van der Waals surface area contributed by atoms with Crippen molar-refractivity contribution < 1.29 is 14.4 Å². The van der Waals surface area contributed by atoms with Crippen LogP contribution in [-0.2, 0) is 10.5 Å². The van der Waals surface area contributed by atoms with Crippen LogP contribution < -0.4 is 0 Å². The van der Waals surface area contributed by atoms with Gasteiger partial charge in [-0.05, 0) is 24.3 Å². The molecule has 2 rings (SSSR count). The van der Waals surface area contributed by atoms with Crippen LogP contribution in [0.25, 0.3) is 0 Å². The third-order valence-electron chi connectivity index (χ3n) is 1.95. The SMILES string of the molecule is O=C(O)CSc1nc(CSc2ccc(Cl)cc2)no1. The van der Waals surface area contributed by atoms with E-state index in [-0.39, 0.29) is 11.0 Å². The van der Waals surface area contributed by atoms with Crippen LogP contribution in [0.3, 0.4) is 0 Å². The van der Waals surface area contributed by atoms with Crippen molar-refractivity contribution in [1.29, 1.82) is 0 Å². The van der Waals surface area contributed by atoms with Gasteiger partial charge in [-0.1, -0.05) is 28.5 Å². The van der Waals surface area contributed by atoms with Crippen LogP contribution in [0.1, 0.15) is 5.82 Å². The molecular weight excluding hydrogens is 308 g/mol. The van der Waals surface area contributed by atoms with Crippen molar-refractivity contribution in [1.82, 2.24) is 10.1 Å². The summed E-state index contributed by atoms with van der Waals surface area (Å²) in [6.07, 6.45) is 0. The molecule has 0 atom stereocenters. The van der Waals surface area contributed by atoms with E-state index in [0.29, 0.717) is 16.6 Å². The highest BCUT2D eigenvalue weighted by Crippen LogP contribution is 2.24. The number of rotatable bonds is 6. The van der Waals surface area contributed by atoms with Crippen molar-refractivity contribution in [2.45, 2.75) is 15.9 Å². The number of carboxylic acids is 1. The van der Waals surface area contributed by atoms with Gasteiger partial charge in [0, 0.05) is 9.92 Å². The van der Waals surface area contributed by atoms with Crippen LogP contribution in [0.5, 0.6) is 0 Å². The number of aromatic nitrogens is 2. The van der Waals surface area contributed by atoms with Gasteiger partial charge >= 0.3 is 5.97 Å². The van der Waals surface area contributed by atoms with Crippen LogP contribution in [-0.4, -0.2) is 27.0 Å². The van der Waals surface area contributed by atoms with Gasteiger partial charge in [0.05, 0.1) is 5.75 Å². The summed E-state index contributed by atoms with van der Waals surface area (Å²) in [5.41, 5.74) is 0. The zero-order valence-corrected chi connectivity index (χ0v) is 12.0. The molecule has 8 heteroatoms. The maximum atomic E-state index is 10.4. The third kappa shape index (κ3) is 4.77. The standard InChI is InChI=1S/C11H9ClN2O3S2/c12-7-1-3-8(4-2-7)18-5-9-13-11(17-14-9)19-6-10(15)16/h1-4H,5-6H2,(H,15,16). The quantitative estimate of drug-likeness (QED) is 0.820. The first-order valence-electron chi connectivity index (χ1n) is 5.19. The lowest BCUT2D eigenvalue weighted by Gasteiger charge is -1.97. The molecule has 0 aliphatic carbocycles.